The molecule has 0 bridgehead atoms. The van der Waals surface area contributed by atoms with Crippen molar-refractivity contribution in [3.63, 3.8) is 0 Å². The van der Waals surface area contributed by atoms with Crippen LogP contribution < -0.4 is 14.8 Å². The second kappa shape index (κ2) is 9.13. The summed E-state index contributed by atoms with van der Waals surface area (Å²) in [6.45, 7) is 3.62. The summed E-state index contributed by atoms with van der Waals surface area (Å²) in [5.74, 6) is -2.15. The number of benzene rings is 3. The Morgan fingerprint density at radius 1 is 0.903 bits per heavy atom. The third-order valence-electron chi connectivity index (χ3n) is 4.32. The molecule has 0 unspecified atom stereocenters. The van der Waals surface area contributed by atoms with E-state index in [0.717, 1.165) is 23.3 Å². The van der Waals surface area contributed by atoms with E-state index in [9.17, 15) is 22.0 Å². The minimum atomic E-state index is -4.10. The Hall–Kier alpha value is -3.46. The molecule has 3 aromatic rings. The van der Waals surface area contributed by atoms with E-state index in [0.29, 0.717) is 17.5 Å². The second-order valence-corrected chi connectivity index (χ2v) is 8.55. The topological polar surface area (TPSA) is 84.5 Å². The van der Waals surface area contributed by atoms with Gasteiger partial charge < -0.3 is 10.1 Å². The summed E-state index contributed by atoms with van der Waals surface area (Å²) >= 11 is 0. The first-order chi connectivity index (χ1) is 14.6. The highest BCUT2D eigenvalue weighted by Crippen LogP contribution is 2.21. The first kappa shape index (κ1) is 22.2. The molecule has 31 heavy (non-hydrogen) atoms. The van der Waals surface area contributed by atoms with E-state index in [1.54, 1.807) is 0 Å². The average Bonchev–Trinajstić information content (AvgIpc) is 2.72. The fraction of sp³-hybridized carbons (Fsp3) is 0.136. The van der Waals surface area contributed by atoms with Gasteiger partial charge in [-0.2, -0.15) is 0 Å². The number of carbonyl (C=O) groups excluding carboxylic acids is 1. The van der Waals surface area contributed by atoms with Gasteiger partial charge >= 0.3 is 0 Å². The lowest BCUT2D eigenvalue weighted by Crippen LogP contribution is -2.20. The molecule has 0 radical (unpaired) electrons. The zero-order chi connectivity index (χ0) is 22.6. The first-order valence-corrected chi connectivity index (χ1v) is 10.7. The minimum Gasteiger partial charge on any atom is -0.483 e. The van der Waals surface area contributed by atoms with Crippen molar-refractivity contribution in [3.8, 4) is 5.75 Å². The van der Waals surface area contributed by atoms with Crippen molar-refractivity contribution < 1.29 is 26.7 Å². The van der Waals surface area contributed by atoms with Crippen molar-refractivity contribution in [2.45, 2.75) is 18.7 Å². The number of nitrogens with one attached hydrogen (secondary N) is 2. The molecule has 0 atom stereocenters. The van der Waals surface area contributed by atoms with E-state index in [2.05, 4.69) is 10.0 Å². The van der Waals surface area contributed by atoms with Gasteiger partial charge in [0.05, 0.1) is 4.90 Å². The van der Waals surface area contributed by atoms with Crippen molar-refractivity contribution in [1.82, 2.24) is 0 Å². The first-order valence-electron chi connectivity index (χ1n) is 9.22. The molecule has 0 aromatic heterocycles. The molecule has 0 aliphatic carbocycles. The van der Waals surface area contributed by atoms with Crippen molar-refractivity contribution in [3.05, 3.63) is 83.4 Å². The smallest absolute Gasteiger partial charge is 0.262 e. The van der Waals surface area contributed by atoms with Crippen molar-refractivity contribution in [1.29, 1.82) is 0 Å². The number of ether oxygens (including phenoxy) is 1. The maximum absolute atomic E-state index is 13.3. The molecule has 3 rings (SSSR count). The Balaban J connectivity index is 1.60. The molecule has 9 heteroatoms. The quantitative estimate of drug-likeness (QED) is 0.564. The predicted octanol–water partition coefficient (Wildman–Crippen LogP) is 4.40. The maximum atomic E-state index is 13.3. The summed E-state index contributed by atoms with van der Waals surface area (Å²) < 4.78 is 58.8. The van der Waals surface area contributed by atoms with Crippen LogP contribution in [0.5, 0.6) is 5.75 Å². The minimum absolute atomic E-state index is 0.186. The molecule has 162 valence electrons. The number of sulfonamides is 1. The number of hydrogen-bond acceptors (Lipinski definition) is 4. The van der Waals surface area contributed by atoms with Crippen LogP contribution in [-0.2, 0) is 14.8 Å². The molecule has 0 spiro atoms. The number of amides is 1. The van der Waals surface area contributed by atoms with Gasteiger partial charge in [-0.05, 0) is 73.5 Å². The predicted molar refractivity (Wildman–Crippen MR) is 114 cm³/mol. The van der Waals surface area contributed by atoms with Gasteiger partial charge in [0.25, 0.3) is 15.9 Å². The van der Waals surface area contributed by atoms with E-state index < -0.39 is 26.6 Å². The summed E-state index contributed by atoms with van der Waals surface area (Å²) in [4.78, 5) is 11.7. The fourth-order valence-electron chi connectivity index (χ4n) is 2.68. The molecule has 0 fully saturated rings. The third kappa shape index (κ3) is 5.79. The highest BCUT2D eigenvalue weighted by Gasteiger charge is 2.17. The number of rotatable bonds is 7. The van der Waals surface area contributed by atoms with Gasteiger partial charge in [-0.3, -0.25) is 9.52 Å². The number of hydrogen-bond donors (Lipinski definition) is 2. The molecule has 0 aliphatic heterocycles. The van der Waals surface area contributed by atoms with Crippen molar-refractivity contribution in [2.75, 3.05) is 16.6 Å². The lowest BCUT2D eigenvalue weighted by Gasteiger charge is -2.11. The molecule has 0 saturated carbocycles. The molecule has 1 amide bonds. The highest BCUT2D eigenvalue weighted by atomic mass is 32.2. The van der Waals surface area contributed by atoms with Gasteiger partial charge in [-0.1, -0.05) is 12.1 Å². The van der Waals surface area contributed by atoms with Crippen LogP contribution in [0.15, 0.2) is 65.6 Å². The lowest BCUT2D eigenvalue weighted by molar-refractivity contribution is -0.118. The molecule has 3 aromatic carbocycles. The van der Waals surface area contributed by atoms with Crippen molar-refractivity contribution in [2.24, 2.45) is 0 Å². The van der Waals surface area contributed by atoms with Crippen LogP contribution >= 0.6 is 0 Å². The lowest BCUT2D eigenvalue weighted by atomic mass is 10.1. The van der Waals surface area contributed by atoms with Crippen LogP contribution in [0.4, 0.5) is 20.2 Å². The highest BCUT2D eigenvalue weighted by molar-refractivity contribution is 7.92. The van der Waals surface area contributed by atoms with Gasteiger partial charge in [0.15, 0.2) is 18.2 Å². The normalized spacial score (nSPS) is 11.1. The van der Waals surface area contributed by atoms with E-state index >= 15 is 0 Å². The van der Waals surface area contributed by atoms with Gasteiger partial charge in [-0.25, -0.2) is 17.2 Å². The average molecular weight is 446 g/mol. The molecule has 6 nitrogen and oxygen atoms in total. The maximum Gasteiger partial charge on any atom is 0.262 e. The van der Waals surface area contributed by atoms with E-state index in [-0.39, 0.29) is 18.2 Å². The van der Waals surface area contributed by atoms with Crippen LogP contribution in [0, 0.1) is 25.5 Å². The monoisotopic (exact) mass is 446 g/mol. The van der Waals surface area contributed by atoms with Crippen LogP contribution in [0.2, 0.25) is 0 Å². The SMILES string of the molecule is Cc1ccc(C)c(OCC(=O)Nc2ccc(NS(=O)(=O)c3ccc(F)c(F)c3)cc2)c1. The standard InChI is InChI=1S/C22H20F2N2O4S/c1-14-3-4-15(2)21(11-14)30-13-22(27)25-16-5-7-17(8-6-16)26-31(28,29)18-9-10-19(23)20(24)12-18/h3-12,26H,13H2,1-2H3,(H,25,27). The van der Waals surface area contributed by atoms with Crippen molar-refractivity contribution >= 4 is 27.3 Å². The Morgan fingerprint density at radius 3 is 2.26 bits per heavy atom. The summed E-state index contributed by atoms with van der Waals surface area (Å²) in [5.41, 5.74) is 2.55. The van der Waals surface area contributed by atoms with E-state index in [4.69, 9.17) is 4.74 Å². The van der Waals surface area contributed by atoms with Gasteiger partial charge in [0.1, 0.15) is 5.75 Å². The van der Waals surface area contributed by atoms with Gasteiger partial charge in [-0.15, -0.1) is 0 Å². The zero-order valence-corrected chi connectivity index (χ0v) is 17.6. The molecule has 2 N–H and O–H groups in total. The van der Waals surface area contributed by atoms with E-state index in [1.807, 2.05) is 32.0 Å². The summed E-state index contributed by atoms with van der Waals surface area (Å²) in [5, 5.41) is 2.65. The number of aryl methyl sites for hydroxylation is 2. The third-order valence-corrected chi connectivity index (χ3v) is 5.70. The van der Waals surface area contributed by atoms with Crippen LogP contribution in [0.3, 0.4) is 0 Å². The van der Waals surface area contributed by atoms with Crippen LogP contribution in [0.25, 0.3) is 0 Å². The Morgan fingerprint density at radius 2 is 1.58 bits per heavy atom. The van der Waals surface area contributed by atoms with Crippen LogP contribution in [0.1, 0.15) is 11.1 Å². The summed E-state index contributed by atoms with van der Waals surface area (Å²) in [7, 11) is -4.10. The largest absolute Gasteiger partial charge is 0.483 e. The second-order valence-electron chi connectivity index (χ2n) is 6.86. The summed E-state index contributed by atoms with van der Waals surface area (Å²) in [6.07, 6.45) is 0. The zero-order valence-electron chi connectivity index (χ0n) is 16.8. The molecule has 0 heterocycles. The van der Waals surface area contributed by atoms with Gasteiger partial charge in [0.2, 0.25) is 0 Å². The number of carbonyl (C=O) groups is 1. The molecular formula is C22H20F2N2O4S. The summed E-state index contributed by atoms with van der Waals surface area (Å²) in [6, 6.07) is 13.9. The number of anilines is 2. The molecule has 0 aliphatic rings. The molecular weight excluding hydrogens is 426 g/mol. The Labute approximate surface area is 178 Å². The Kier molecular flexibility index (Phi) is 6.55. The number of halogens is 2. The fourth-order valence-corrected chi connectivity index (χ4v) is 3.75. The van der Waals surface area contributed by atoms with Gasteiger partial charge in [0, 0.05) is 11.4 Å². The van der Waals surface area contributed by atoms with Crippen LogP contribution in [-0.4, -0.2) is 20.9 Å². The molecule has 0 saturated heterocycles. The Bertz CT molecular complexity index is 1210. The van der Waals surface area contributed by atoms with E-state index in [1.165, 1.54) is 24.3 Å².